The van der Waals surface area contributed by atoms with Gasteiger partial charge in [-0.3, -0.25) is 20.4 Å². The Kier molecular flexibility index (Phi) is 6.66. The zero-order chi connectivity index (χ0) is 17.4. The Balaban J connectivity index is 1.76. The summed E-state index contributed by atoms with van der Waals surface area (Å²) in [6.45, 7) is -0.280. The van der Waals surface area contributed by atoms with Gasteiger partial charge in [-0.25, -0.2) is 0 Å². The predicted molar refractivity (Wildman–Crippen MR) is 93.7 cm³/mol. The molecular formula is C17H14Cl2N2O3. The maximum absolute atomic E-state index is 11.6. The van der Waals surface area contributed by atoms with Crippen molar-refractivity contribution in [1.82, 2.24) is 10.9 Å². The van der Waals surface area contributed by atoms with Crippen LogP contribution in [0, 0.1) is 0 Å². The van der Waals surface area contributed by atoms with Gasteiger partial charge >= 0.3 is 0 Å². The fraction of sp³-hybridized carbons (Fsp3) is 0.0588. The summed E-state index contributed by atoms with van der Waals surface area (Å²) >= 11 is 11.9. The van der Waals surface area contributed by atoms with E-state index in [1.54, 1.807) is 54.6 Å². The van der Waals surface area contributed by atoms with Crippen LogP contribution in [0.25, 0.3) is 6.08 Å². The molecule has 7 heteroatoms. The summed E-state index contributed by atoms with van der Waals surface area (Å²) in [6, 6.07) is 13.9. The van der Waals surface area contributed by atoms with E-state index >= 15 is 0 Å². The second-order valence-electron chi connectivity index (χ2n) is 4.61. The fourth-order valence-electron chi connectivity index (χ4n) is 1.69. The third-order valence-electron chi connectivity index (χ3n) is 2.84. The van der Waals surface area contributed by atoms with E-state index in [4.69, 9.17) is 27.9 Å². The second-order valence-corrected chi connectivity index (χ2v) is 5.43. The Bertz CT molecular complexity index is 763. The highest BCUT2D eigenvalue weighted by molar-refractivity contribution is 6.32. The summed E-state index contributed by atoms with van der Waals surface area (Å²) in [5.41, 5.74) is 5.17. The normalized spacial score (nSPS) is 10.4. The molecule has 0 aliphatic heterocycles. The third-order valence-corrected chi connectivity index (χ3v) is 3.50. The standard InChI is InChI=1S/C17H14Cl2N2O3/c18-13-6-2-1-5-12(13)9-10-16(22)20-21-17(23)11-24-15-8-4-3-7-14(15)19/h1-10H,11H2,(H,20,22)(H,21,23)/b10-9+. The zero-order valence-corrected chi connectivity index (χ0v) is 14.0. The average Bonchev–Trinajstić information content (AvgIpc) is 2.58. The van der Waals surface area contributed by atoms with Crippen molar-refractivity contribution in [2.75, 3.05) is 6.61 Å². The number of carbonyl (C=O) groups excluding carboxylic acids is 2. The second kappa shape index (κ2) is 8.96. The molecule has 2 aromatic rings. The molecule has 0 atom stereocenters. The number of halogens is 2. The summed E-state index contributed by atoms with van der Waals surface area (Å²) in [4.78, 5) is 23.3. The molecule has 2 N–H and O–H groups in total. The monoisotopic (exact) mass is 364 g/mol. The lowest BCUT2D eigenvalue weighted by molar-refractivity contribution is -0.128. The van der Waals surface area contributed by atoms with Crippen LogP contribution in [-0.2, 0) is 9.59 Å². The van der Waals surface area contributed by atoms with Gasteiger partial charge in [0.2, 0.25) is 0 Å². The van der Waals surface area contributed by atoms with Gasteiger partial charge in [-0.1, -0.05) is 53.5 Å². The first-order chi connectivity index (χ1) is 11.6. The lowest BCUT2D eigenvalue weighted by Gasteiger charge is -2.08. The van der Waals surface area contributed by atoms with Gasteiger partial charge < -0.3 is 4.74 Å². The van der Waals surface area contributed by atoms with E-state index in [0.29, 0.717) is 21.4 Å². The fourth-order valence-corrected chi connectivity index (χ4v) is 2.08. The third kappa shape index (κ3) is 5.61. The smallest absolute Gasteiger partial charge is 0.276 e. The van der Waals surface area contributed by atoms with Crippen LogP contribution >= 0.6 is 23.2 Å². The van der Waals surface area contributed by atoms with E-state index in [0.717, 1.165) is 0 Å². The van der Waals surface area contributed by atoms with Crippen molar-refractivity contribution in [1.29, 1.82) is 0 Å². The molecule has 0 saturated carbocycles. The summed E-state index contributed by atoms with van der Waals surface area (Å²) in [6.07, 6.45) is 2.81. The molecule has 0 fully saturated rings. The van der Waals surface area contributed by atoms with E-state index in [2.05, 4.69) is 10.9 Å². The molecule has 2 rings (SSSR count). The summed E-state index contributed by atoms with van der Waals surface area (Å²) in [5.74, 6) is -0.630. The van der Waals surface area contributed by atoms with E-state index in [1.165, 1.54) is 6.08 Å². The molecule has 0 spiro atoms. The molecule has 2 aromatic carbocycles. The van der Waals surface area contributed by atoms with Crippen molar-refractivity contribution in [3.8, 4) is 5.75 Å². The highest BCUT2D eigenvalue weighted by atomic mass is 35.5. The number of para-hydroxylation sites is 1. The van der Waals surface area contributed by atoms with Crippen molar-refractivity contribution < 1.29 is 14.3 Å². The van der Waals surface area contributed by atoms with Crippen molar-refractivity contribution >= 4 is 41.1 Å². The molecule has 0 radical (unpaired) electrons. The molecule has 0 aromatic heterocycles. The molecule has 0 saturated heterocycles. The van der Waals surface area contributed by atoms with Gasteiger partial charge in [0.05, 0.1) is 5.02 Å². The Morgan fingerprint density at radius 1 is 0.958 bits per heavy atom. The first-order valence-electron chi connectivity index (χ1n) is 6.95. The van der Waals surface area contributed by atoms with Crippen LogP contribution in [0.3, 0.4) is 0 Å². The molecule has 0 bridgehead atoms. The van der Waals surface area contributed by atoms with Gasteiger partial charge in [0.1, 0.15) is 5.75 Å². The van der Waals surface area contributed by atoms with E-state index < -0.39 is 11.8 Å². The molecule has 2 amide bonds. The molecule has 0 aliphatic rings. The molecule has 24 heavy (non-hydrogen) atoms. The van der Waals surface area contributed by atoms with Gasteiger partial charge in [0, 0.05) is 11.1 Å². The number of amides is 2. The molecule has 0 heterocycles. The quantitative estimate of drug-likeness (QED) is 0.632. The zero-order valence-electron chi connectivity index (χ0n) is 12.5. The Labute approximate surface area is 149 Å². The number of rotatable bonds is 5. The molecule has 5 nitrogen and oxygen atoms in total. The molecule has 0 unspecified atom stereocenters. The van der Waals surface area contributed by atoms with Gasteiger partial charge in [0.25, 0.3) is 11.8 Å². The van der Waals surface area contributed by atoms with Crippen LogP contribution in [0.5, 0.6) is 5.75 Å². The first-order valence-corrected chi connectivity index (χ1v) is 7.70. The summed E-state index contributed by atoms with van der Waals surface area (Å²) < 4.78 is 5.25. The minimum absolute atomic E-state index is 0.280. The Hall–Kier alpha value is -2.50. The van der Waals surface area contributed by atoms with Crippen LogP contribution in [0.1, 0.15) is 5.56 Å². The predicted octanol–water partition coefficient (Wildman–Crippen LogP) is 3.23. The van der Waals surface area contributed by atoms with Crippen molar-refractivity contribution in [3.63, 3.8) is 0 Å². The minimum atomic E-state index is -0.519. The topological polar surface area (TPSA) is 67.4 Å². The van der Waals surface area contributed by atoms with Gasteiger partial charge in [0.15, 0.2) is 6.61 Å². The van der Waals surface area contributed by atoms with Crippen LogP contribution < -0.4 is 15.6 Å². The molecular weight excluding hydrogens is 351 g/mol. The van der Waals surface area contributed by atoms with Gasteiger partial charge in [-0.2, -0.15) is 0 Å². The molecule has 124 valence electrons. The maximum Gasteiger partial charge on any atom is 0.276 e. The molecule has 0 aliphatic carbocycles. The van der Waals surface area contributed by atoms with E-state index in [9.17, 15) is 9.59 Å². The highest BCUT2D eigenvalue weighted by Crippen LogP contribution is 2.22. The number of benzene rings is 2. The van der Waals surface area contributed by atoms with Crippen LogP contribution in [0.15, 0.2) is 54.6 Å². The lowest BCUT2D eigenvalue weighted by Crippen LogP contribution is -2.43. The number of hydrogen-bond acceptors (Lipinski definition) is 3. The number of carbonyl (C=O) groups is 2. The van der Waals surface area contributed by atoms with Crippen LogP contribution in [0.2, 0.25) is 10.0 Å². The van der Waals surface area contributed by atoms with Crippen molar-refractivity contribution in [2.24, 2.45) is 0 Å². The van der Waals surface area contributed by atoms with E-state index in [-0.39, 0.29) is 6.61 Å². The highest BCUT2D eigenvalue weighted by Gasteiger charge is 2.06. The van der Waals surface area contributed by atoms with Crippen molar-refractivity contribution in [2.45, 2.75) is 0 Å². The summed E-state index contributed by atoms with van der Waals surface area (Å²) in [7, 11) is 0. The van der Waals surface area contributed by atoms with Gasteiger partial charge in [-0.15, -0.1) is 0 Å². The Morgan fingerprint density at radius 2 is 1.62 bits per heavy atom. The number of hydrogen-bond donors (Lipinski definition) is 2. The van der Waals surface area contributed by atoms with Crippen molar-refractivity contribution in [3.05, 3.63) is 70.2 Å². The SMILES string of the molecule is O=C(/C=C/c1ccccc1Cl)NNC(=O)COc1ccccc1Cl. The average molecular weight is 365 g/mol. The summed E-state index contributed by atoms with van der Waals surface area (Å²) in [5, 5.41) is 0.927. The maximum atomic E-state index is 11.6. The minimum Gasteiger partial charge on any atom is -0.482 e. The Morgan fingerprint density at radius 3 is 2.33 bits per heavy atom. The lowest BCUT2D eigenvalue weighted by atomic mass is 10.2. The first kappa shape index (κ1) is 17.8. The van der Waals surface area contributed by atoms with Gasteiger partial charge in [-0.05, 0) is 29.8 Å². The number of nitrogens with one attached hydrogen (secondary N) is 2. The number of hydrazine groups is 1. The van der Waals surface area contributed by atoms with E-state index in [1.807, 2.05) is 0 Å². The largest absolute Gasteiger partial charge is 0.482 e. The number of ether oxygens (including phenoxy) is 1. The van der Waals surface area contributed by atoms with Crippen LogP contribution in [-0.4, -0.2) is 18.4 Å². The van der Waals surface area contributed by atoms with Crippen LogP contribution in [0.4, 0.5) is 0 Å².